The second kappa shape index (κ2) is 8.24. The highest BCUT2D eigenvalue weighted by atomic mass is 19.4. The zero-order chi connectivity index (χ0) is 19.4. The summed E-state index contributed by atoms with van der Waals surface area (Å²) in [5.74, 6) is 0.101. The van der Waals surface area contributed by atoms with E-state index in [1.54, 1.807) is 12.5 Å². The van der Waals surface area contributed by atoms with Crippen LogP contribution in [0.5, 0.6) is 0 Å². The molecule has 1 saturated heterocycles. The molecule has 3 rings (SSSR count). The molecule has 0 unspecified atom stereocenters. The average molecular weight is 382 g/mol. The van der Waals surface area contributed by atoms with Crippen LogP contribution >= 0.6 is 0 Å². The van der Waals surface area contributed by atoms with Crippen LogP contribution in [0.3, 0.4) is 0 Å². The molecule has 1 aliphatic rings. The summed E-state index contributed by atoms with van der Waals surface area (Å²) < 4.78 is 41.6. The maximum absolute atomic E-state index is 13.2. The molecule has 6 nitrogen and oxygen atoms in total. The normalized spacial score (nSPS) is 16.3. The number of nitrogens with zero attached hydrogens (tertiary/aromatic N) is 6. The Bertz CT molecular complexity index is 721. The predicted octanol–water partition coefficient (Wildman–Crippen LogP) is 3.03. The number of anilines is 1. The highest BCUT2D eigenvalue weighted by Gasteiger charge is 2.34. The van der Waals surface area contributed by atoms with E-state index < -0.39 is 11.9 Å². The molecule has 0 aromatic carbocycles. The van der Waals surface area contributed by atoms with E-state index in [1.807, 2.05) is 29.5 Å². The van der Waals surface area contributed by atoms with Crippen molar-refractivity contribution in [1.82, 2.24) is 24.4 Å². The highest BCUT2D eigenvalue weighted by Crippen LogP contribution is 2.30. The van der Waals surface area contributed by atoms with E-state index in [0.29, 0.717) is 18.8 Å². The topological polar surface area (TPSA) is 50.1 Å². The van der Waals surface area contributed by atoms with Crippen molar-refractivity contribution in [3.8, 4) is 0 Å². The van der Waals surface area contributed by atoms with E-state index in [0.717, 1.165) is 38.7 Å². The molecule has 27 heavy (non-hydrogen) atoms. The molecular weight excluding hydrogens is 357 g/mol. The second-order valence-corrected chi connectivity index (χ2v) is 7.11. The highest BCUT2D eigenvalue weighted by molar-refractivity contribution is 5.35. The Morgan fingerprint density at radius 2 is 1.81 bits per heavy atom. The SMILES string of the molecule is CC(C)c1cc(C(F)(F)F)nc(N2CCN(CCCn3ccnc3)CC2)n1. The first-order valence-corrected chi connectivity index (χ1v) is 9.22. The number of alkyl halides is 3. The van der Waals surface area contributed by atoms with E-state index in [1.165, 1.54) is 0 Å². The van der Waals surface area contributed by atoms with Gasteiger partial charge in [0.2, 0.25) is 5.95 Å². The molecule has 1 aliphatic heterocycles. The summed E-state index contributed by atoms with van der Waals surface area (Å²) in [6.45, 7) is 8.38. The lowest BCUT2D eigenvalue weighted by Crippen LogP contribution is -2.47. The Hall–Kier alpha value is -2.16. The molecule has 0 radical (unpaired) electrons. The minimum atomic E-state index is -4.46. The Labute approximate surface area is 157 Å². The minimum absolute atomic E-state index is 0.0858. The Morgan fingerprint density at radius 1 is 1.07 bits per heavy atom. The van der Waals surface area contributed by atoms with Crippen molar-refractivity contribution in [2.24, 2.45) is 0 Å². The molecule has 0 spiro atoms. The van der Waals surface area contributed by atoms with Crippen LogP contribution in [-0.4, -0.2) is 57.1 Å². The number of imidazole rings is 1. The summed E-state index contributed by atoms with van der Waals surface area (Å²) in [4.78, 5) is 16.4. The number of hydrogen-bond acceptors (Lipinski definition) is 5. The first kappa shape index (κ1) is 19.6. The fourth-order valence-corrected chi connectivity index (χ4v) is 3.10. The van der Waals surface area contributed by atoms with Crippen LogP contribution in [-0.2, 0) is 12.7 Å². The van der Waals surface area contributed by atoms with Gasteiger partial charge in [-0.1, -0.05) is 13.8 Å². The van der Waals surface area contributed by atoms with Gasteiger partial charge in [0.05, 0.1) is 6.33 Å². The standard InChI is InChI=1S/C18H25F3N6/c1-14(2)15-12-16(18(19,20)21)24-17(23-15)27-10-8-25(9-11-27)5-3-6-26-7-4-22-13-26/h4,7,12-14H,3,5-6,8-11H2,1-2H3. The van der Waals surface area contributed by atoms with Crippen LogP contribution in [0.2, 0.25) is 0 Å². The second-order valence-electron chi connectivity index (χ2n) is 7.11. The molecule has 2 aromatic rings. The predicted molar refractivity (Wildman–Crippen MR) is 96.6 cm³/mol. The summed E-state index contributed by atoms with van der Waals surface area (Å²) >= 11 is 0. The summed E-state index contributed by atoms with van der Waals surface area (Å²) in [6.07, 6.45) is 2.05. The summed E-state index contributed by atoms with van der Waals surface area (Å²) in [5.41, 5.74) is -0.436. The van der Waals surface area contributed by atoms with Crippen LogP contribution in [0.15, 0.2) is 24.8 Å². The number of rotatable bonds is 6. The van der Waals surface area contributed by atoms with E-state index in [2.05, 4.69) is 19.9 Å². The summed E-state index contributed by atoms with van der Waals surface area (Å²) in [6, 6.07) is 1.06. The van der Waals surface area contributed by atoms with E-state index >= 15 is 0 Å². The van der Waals surface area contributed by atoms with Gasteiger partial charge in [-0.25, -0.2) is 15.0 Å². The smallest absolute Gasteiger partial charge is 0.338 e. The fourth-order valence-electron chi connectivity index (χ4n) is 3.10. The van der Waals surface area contributed by atoms with Gasteiger partial charge in [0.25, 0.3) is 0 Å². The summed E-state index contributed by atoms with van der Waals surface area (Å²) in [7, 11) is 0. The molecule has 0 atom stereocenters. The third-order valence-corrected chi connectivity index (χ3v) is 4.72. The first-order valence-electron chi connectivity index (χ1n) is 9.22. The number of hydrogen-bond donors (Lipinski definition) is 0. The quantitative estimate of drug-likeness (QED) is 0.769. The van der Waals surface area contributed by atoms with E-state index in [9.17, 15) is 13.2 Å². The van der Waals surface area contributed by atoms with Gasteiger partial charge in [-0.05, 0) is 24.9 Å². The van der Waals surface area contributed by atoms with Crippen LogP contribution in [0, 0.1) is 0 Å². The van der Waals surface area contributed by atoms with Gasteiger partial charge < -0.3 is 9.47 Å². The Kier molecular flexibility index (Phi) is 5.98. The van der Waals surface area contributed by atoms with Crippen LogP contribution in [0.1, 0.15) is 37.6 Å². The number of piperazine rings is 1. The van der Waals surface area contributed by atoms with Crippen molar-refractivity contribution < 1.29 is 13.2 Å². The van der Waals surface area contributed by atoms with Gasteiger partial charge >= 0.3 is 6.18 Å². The molecule has 3 heterocycles. The molecule has 2 aromatic heterocycles. The lowest BCUT2D eigenvalue weighted by Gasteiger charge is -2.35. The van der Waals surface area contributed by atoms with Gasteiger partial charge in [0, 0.05) is 50.8 Å². The maximum Gasteiger partial charge on any atom is 0.433 e. The van der Waals surface area contributed by atoms with Crippen LogP contribution in [0.4, 0.5) is 19.1 Å². The third-order valence-electron chi connectivity index (χ3n) is 4.72. The van der Waals surface area contributed by atoms with Crippen LogP contribution < -0.4 is 4.90 Å². The van der Waals surface area contributed by atoms with Gasteiger partial charge in [-0.3, -0.25) is 4.90 Å². The lowest BCUT2D eigenvalue weighted by molar-refractivity contribution is -0.141. The fraction of sp³-hybridized carbons (Fsp3) is 0.611. The van der Waals surface area contributed by atoms with Gasteiger partial charge in [0.1, 0.15) is 5.69 Å². The van der Waals surface area contributed by atoms with E-state index in [4.69, 9.17) is 0 Å². The molecule has 148 valence electrons. The van der Waals surface area contributed by atoms with Crippen molar-refractivity contribution >= 4 is 5.95 Å². The summed E-state index contributed by atoms with van der Waals surface area (Å²) in [5, 5.41) is 0. The monoisotopic (exact) mass is 382 g/mol. The van der Waals surface area contributed by atoms with Crippen LogP contribution in [0.25, 0.3) is 0 Å². The first-order chi connectivity index (χ1) is 12.8. The molecule has 0 aliphatic carbocycles. The zero-order valence-electron chi connectivity index (χ0n) is 15.7. The number of aromatic nitrogens is 4. The lowest BCUT2D eigenvalue weighted by atomic mass is 10.1. The van der Waals surface area contributed by atoms with Crippen molar-refractivity contribution in [2.45, 2.75) is 38.9 Å². The molecular formula is C18H25F3N6. The van der Waals surface area contributed by atoms with Crippen molar-refractivity contribution in [2.75, 3.05) is 37.6 Å². The zero-order valence-corrected chi connectivity index (χ0v) is 15.7. The molecule has 0 bridgehead atoms. The third kappa shape index (κ3) is 5.18. The van der Waals surface area contributed by atoms with Crippen molar-refractivity contribution in [3.63, 3.8) is 0 Å². The van der Waals surface area contributed by atoms with Crippen molar-refractivity contribution in [3.05, 3.63) is 36.2 Å². The number of aryl methyl sites for hydroxylation is 1. The average Bonchev–Trinajstić information content (AvgIpc) is 3.14. The Morgan fingerprint density at radius 3 is 2.41 bits per heavy atom. The molecule has 0 N–H and O–H groups in total. The molecule has 0 saturated carbocycles. The molecule has 9 heteroatoms. The van der Waals surface area contributed by atoms with Gasteiger partial charge in [0.15, 0.2) is 0 Å². The largest absolute Gasteiger partial charge is 0.433 e. The Balaban J connectivity index is 1.59. The maximum atomic E-state index is 13.2. The van der Waals surface area contributed by atoms with Gasteiger partial charge in [-0.2, -0.15) is 13.2 Å². The molecule has 1 fully saturated rings. The molecule has 0 amide bonds. The number of halogens is 3. The van der Waals surface area contributed by atoms with E-state index in [-0.39, 0.29) is 11.9 Å². The van der Waals surface area contributed by atoms with Crippen molar-refractivity contribution in [1.29, 1.82) is 0 Å². The van der Waals surface area contributed by atoms with Gasteiger partial charge in [-0.15, -0.1) is 0 Å². The minimum Gasteiger partial charge on any atom is -0.338 e.